The Hall–Kier alpha value is 1.01. The number of hydrogen-bond donors (Lipinski definition) is 0. The molecule has 10 heteroatoms. The zero-order valence-corrected chi connectivity index (χ0v) is 9.73. The summed E-state index contributed by atoms with van der Waals surface area (Å²) in [5.41, 5.74) is 0. The molecule has 0 saturated heterocycles. The van der Waals surface area contributed by atoms with Crippen LogP contribution in [0.2, 0.25) is 0 Å². The third kappa shape index (κ3) is 18.7. The largest absolute Gasteiger partial charge is 1.00 e. The SMILES string of the molecule is O=S(=O)([O-])CCCCS(=O)(=O)[O-].[Li+].[Li+]. The van der Waals surface area contributed by atoms with E-state index in [-0.39, 0.29) is 50.6 Å². The standard InChI is InChI=1S/C4H10O6S2.2Li/c5-11(6,7)3-1-2-4-12(8,9)10;;/h1-4H2,(H,5,6,7)(H,8,9,10);;/q;2*+1/p-2. The van der Waals surface area contributed by atoms with Crippen molar-refractivity contribution < 1.29 is 63.7 Å². The van der Waals surface area contributed by atoms with Gasteiger partial charge in [0.15, 0.2) is 0 Å². The van der Waals surface area contributed by atoms with Crippen molar-refractivity contribution >= 4 is 20.2 Å². The molecule has 0 heterocycles. The fraction of sp³-hybridized carbons (Fsp3) is 1.00. The van der Waals surface area contributed by atoms with Gasteiger partial charge in [-0.25, -0.2) is 16.8 Å². The Bertz CT molecular complexity index is 286. The third-order valence-electron chi connectivity index (χ3n) is 1.04. The summed E-state index contributed by atoms with van der Waals surface area (Å²) in [5.74, 6) is -1.24. The van der Waals surface area contributed by atoms with Crippen LogP contribution >= 0.6 is 0 Å². The molecule has 0 N–H and O–H groups in total. The van der Waals surface area contributed by atoms with Crippen LogP contribution in [0.15, 0.2) is 0 Å². The first-order valence-electron chi connectivity index (χ1n) is 3.08. The second kappa shape index (κ2) is 8.20. The molecule has 6 nitrogen and oxygen atoms in total. The van der Waals surface area contributed by atoms with Crippen LogP contribution in [0.1, 0.15) is 12.8 Å². The molecule has 0 aliphatic rings. The van der Waals surface area contributed by atoms with Crippen LogP contribution < -0.4 is 37.7 Å². The van der Waals surface area contributed by atoms with Crippen molar-refractivity contribution in [1.82, 2.24) is 0 Å². The molecule has 0 unspecified atom stereocenters. The van der Waals surface area contributed by atoms with Crippen molar-refractivity contribution in [2.45, 2.75) is 12.8 Å². The number of hydrogen-bond acceptors (Lipinski definition) is 6. The maximum Gasteiger partial charge on any atom is 1.00 e. The minimum absolute atomic E-state index is 0. The molecule has 14 heavy (non-hydrogen) atoms. The van der Waals surface area contributed by atoms with E-state index in [1.54, 1.807) is 0 Å². The molecule has 0 saturated carbocycles. The Labute approximate surface area is 108 Å². The molecule has 0 bridgehead atoms. The molecule has 0 rings (SSSR count). The zero-order valence-electron chi connectivity index (χ0n) is 8.09. The molecule has 0 aromatic rings. The summed E-state index contributed by atoms with van der Waals surface area (Å²) in [7, 11) is -8.58. The van der Waals surface area contributed by atoms with Gasteiger partial charge in [-0.2, -0.15) is 0 Å². The van der Waals surface area contributed by atoms with Gasteiger partial charge < -0.3 is 9.11 Å². The maximum atomic E-state index is 9.97. The van der Waals surface area contributed by atoms with Gasteiger partial charge in [-0.3, -0.25) is 0 Å². The zero-order chi connectivity index (χ0) is 9.83. The van der Waals surface area contributed by atoms with Gasteiger partial charge in [-0.15, -0.1) is 0 Å². The maximum absolute atomic E-state index is 9.97. The summed E-state index contributed by atoms with van der Waals surface area (Å²) in [4.78, 5) is 0. The first kappa shape index (κ1) is 20.4. The molecule has 0 aliphatic carbocycles. The van der Waals surface area contributed by atoms with Crippen LogP contribution in [-0.4, -0.2) is 37.4 Å². The second-order valence-electron chi connectivity index (χ2n) is 2.23. The van der Waals surface area contributed by atoms with E-state index in [1.807, 2.05) is 0 Å². The predicted octanol–water partition coefficient (Wildman–Crippen LogP) is -7.13. The Morgan fingerprint density at radius 1 is 0.714 bits per heavy atom. The second-order valence-corrected chi connectivity index (χ2v) is 5.28. The third-order valence-corrected chi connectivity index (χ3v) is 2.62. The molecule has 0 aromatic carbocycles. The molecular formula is C4H8Li2O6S2. The molecule has 0 radical (unpaired) electrons. The summed E-state index contributed by atoms with van der Waals surface area (Å²) in [5, 5.41) is 0. The molecule has 74 valence electrons. The van der Waals surface area contributed by atoms with Crippen molar-refractivity contribution in [3.05, 3.63) is 0 Å². The van der Waals surface area contributed by atoms with E-state index in [0.717, 1.165) is 0 Å². The van der Waals surface area contributed by atoms with Gasteiger partial charge >= 0.3 is 37.7 Å². The van der Waals surface area contributed by atoms with E-state index in [9.17, 15) is 25.9 Å². The minimum atomic E-state index is -4.29. The van der Waals surface area contributed by atoms with E-state index < -0.39 is 31.7 Å². The fourth-order valence-corrected chi connectivity index (χ4v) is 1.67. The number of rotatable bonds is 5. The van der Waals surface area contributed by atoms with Gasteiger partial charge in [-0.05, 0) is 12.8 Å². The normalized spacial score (nSPS) is 11.3. The van der Waals surface area contributed by atoms with Crippen molar-refractivity contribution in [3.63, 3.8) is 0 Å². The summed E-state index contributed by atoms with van der Waals surface area (Å²) in [6.07, 6.45) is -0.180. The minimum Gasteiger partial charge on any atom is -0.748 e. The molecule has 0 spiro atoms. The monoisotopic (exact) mass is 230 g/mol. The van der Waals surface area contributed by atoms with E-state index in [4.69, 9.17) is 0 Å². The van der Waals surface area contributed by atoms with E-state index >= 15 is 0 Å². The Balaban J connectivity index is -0.000000605. The van der Waals surface area contributed by atoms with E-state index in [1.165, 1.54) is 0 Å². The van der Waals surface area contributed by atoms with Crippen molar-refractivity contribution in [2.24, 2.45) is 0 Å². The molecule has 0 aromatic heterocycles. The van der Waals surface area contributed by atoms with Gasteiger partial charge in [0.25, 0.3) is 0 Å². The molecular weight excluding hydrogens is 222 g/mol. The average Bonchev–Trinajstić information content (AvgIpc) is 1.76. The molecule has 0 amide bonds. The quantitative estimate of drug-likeness (QED) is 0.263. The molecule has 0 fully saturated rings. The first-order valence-corrected chi connectivity index (χ1v) is 6.23. The van der Waals surface area contributed by atoms with Crippen LogP contribution in [0.3, 0.4) is 0 Å². The summed E-state index contributed by atoms with van der Waals surface area (Å²) < 4.78 is 59.8. The van der Waals surface area contributed by atoms with Crippen LogP contribution in [0.5, 0.6) is 0 Å². The van der Waals surface area contributed by atoms with Crippen LogP contribution in [-0.2, 0) is 20.2 Å². The summed E-state index contributed by atoms with van der Waals surface area (Å²) in [6.45, 7) is 0. The molecule has 0 atom stereocenters. The Kier molecular flexibility index (Phi) is 12.0. The summed E-state index contributed by atoms with van der Waals surface area (Å²) in [6, 6.07) is 0. The van der Waals surface area contributed by atoms with Crippen molar-refractivity contribution in [1.29, 1.82) is 0 Å². The van der Waals surface area contributed by atoms with E-state index in [0.29, 0.717) is 0 Å². The Morgan fingerprint density at radius 2 is 0.929 bits per heavy atom. The smallest absolute Gasteiger partial charge is 0.748 e. The van der Waals surface area contributed by atoms with Gasteiger partial charge in [0.1, 0.15) is 0 Å². The van der Waals surface area contributed by atoms with Gasteiger partial charge in [0.05, 0.1) is 20.2 Å². The topological polar surface area (TPSA) is 114 Å². The Morgan fingerprint density at radius 3 is 1.07 bits per heavy atom. The van der Waals surface area contributed by atoms with Gasteiger partial charge in [-0.1, -0.05) is 0 Å². The average molecular weight is 230 g/mol. The van der Waals surface area contributed by atoms with Crippen LogP contribution in [0, 0.1) is 0 Å². The van der Waals surface area contributed by atoms with Gasteiger partial charge in [0, 0.05) is 11.5 Å². The van der Waals surface area contributed by atoms with Crippen LogP contribution in [0.4, 0.5) is 0 Å². The number of unbranched alkanes of at least 4 members (excludes halogenated alkanes) is 1. The van der Waals surface area contributed by atoms with Gasteiger partial charge in [0.2, 0.25) is 0 Å². The fourth-order valence-electron chi connectivity index (χ4n) is 0.558. The predicted molar refractivity (Wildman–Crippen MR) is 38.4 cm³/mol. The molecule has 0 aliphatic heterocycles. The van der Waals surface area contributed by atoms with E-state index in [2.05, 4.69) is 0 Å². The first-order chi connectivity index (χ1) is 5.21. The summed E-state index contributed by atoms with van der Waals surface area (Å²) >= 11 is 0. The van der Waals surface area contributed by atoms with Crippen LogP contribution in [0.25, 0.3) is 0 Å². The van der Waals surface area contributed by atoms with Crippen molar-refractivity contribution in [3.8, 4) is 0 Å². The van der Waals surface area contributed by atoms with Crippen molar-refractivity contribution in [2.75, 3.05) is 11.5 Å².